The van der Waals surface area contributed by atoms with Crippen LogP contribution in [-0.2, 0) is 42.0 Å². The molecular formula is C24H26O6S2Ti+2. The van der Waals surface area contributed by atoms with E-state index in [2.05, 4.69) is 0 Å². The molecule has 172 valence electrons. The number of hydrogen-bond donors (Lipinski definition) is 2. The van der Waals surface area contributed by atoms with Gasteiger partial charge in [0.25, 0.3) is 20.2 Å². The summed E-state index contributed by atoms with van der Waals surface area (Å²) in [6.07, 6.45) is 20.0. The van der Waals surface area contributed by atoms with Crippen molar-refractivity contribution in [1.82, 2.24) is 0 Å². The van der Waals surface area contributed by atoms with Crippen LogP contribution in [0, 0.1) is 78.1 Å². The van der Waals surface area contributed by atoms with E-state index in [-0.39, 0.29) is 31.5 Å². The zero-order chi connectivity index (χ0) is 24.0. The Kier molecular flexibility index (Phi) is 16.1. The van der Waals surface area contributed by atoms with Crippen molar-refractivity contribution in [2.24, 2.45) is 0 Å². The molecule has 9 heteroatoms. The Morgan fingerprint density at radius 3 is 0.788 bits per heavy atom. The number of hydrogen-bond acceptors (Lipinski definition) is 4. The van der Waals surface area contributed by atoms with Gasteiger partial charge in [-0.05, 0) is 102 Å². The van der Waals surface area contributed by atoms with Crippen LogP contribution < -0.4 is 0 Å². The summed E-state index contributed by atoms with van der Waals surface area (Å²) in [5.74, 6) is 0. The molecule has 33 heavy (non-hydrogen) atoms. The van der Waals surface area contributed by atoms with Crippen molar-refractivity contribution in [2.75, 3.05) is 0 Å². The van der Waals surface area contributed by atoms with E-state index in [0.717, 1.165) is 11.1 Å². The molecule has 6 nitrogen and oxygen atoms in total. The molecule has 2 aliphatic carbocycles. The molecule has 0 atom stereocenters. The number of aryl methyl sites for hydroxylation is 2. The van der Waals surface area contributed by atoms with Crippen LogP contribution in [0.4, 0.5) is 0 Å². The second kappa shape index (κ2) is 16.6. The summed E-state index contributed by atoms with van der Waals surface area (Å²) in [7, 11) is -8.04. The normalized spacial score (nSPS) is 14.9. The Labute approximate surface area is 214 Å². The zero-order valence-corrected chi connectivity index (χ0v) is 21.4. The average Bonchev–Trinajstić information content (AvgIpc) is 3.47. The van der Waals surface area contributed by atoms with Crippen molar-refractivity contribution in [1.29, 1.82) is 0 Å². The van der Waals surface area contributed by atoms with E-state index in [9.17, 15) is 16.8 Å². The third kappa shape index (κ3) is 15.5. The Bertz CT molecular complexity index is 880. The minimum absolute atomic E-state index is 0. The molecule has 2 N–H and O–H groups in total. The second-order valence-electron chi connectivity index (χ2n) is 6.50. The van der Waals surface area contributed by atoms with Crippen LogP contribution in [-0.4, -0.2) is 25.9 Å². The molecule has 2 aliphatic rings. The third-order valence-corrected chi connectivity index (χ3v) is 5.48. The first-order chi connectivity index (χ1) is 15.0. The van der Waals surface area contributed by atoms with E-state index in [1.165, 1.54) is 24.3 Å². The Morgan fingerprint density at radius 2 is 0.636 bits per heavy atom. The van der Waals surface area contributed by atoms with Crippen molar-refractivity contribution in [3.05, 3.63) is 124 Å². The van der Waals surface area contributed by atoms with Crippen LogP contribution in [0.25, 0.3) is 0 Å². The maximum Gasteiger partial charge on any atom is 2.00 e. The molecule has 2 saturated carbocycles. The van der Waals surface area contributed by atoms with Gasteiger partial charge in [-0.2, -0.15) is 16.8 Å². The molecule has 0 aliphatic heterocycles. The molecule has 2 fully saturated rings. The molecule has 0 unspecified atom stereocenters. The molecule has 0 spiro atoms. The summed E-state index contributed by atoms with van der Waals surface area (Å²) in [6, 6.07) is 12.0. The maximum absolute atomic E-state index is 10.5. The first kappa shape index (κ1) is 32.0. The summed E-state index contributed by atoms with van der Waals surface area (Å²) in [4.78, 5) is -0.133. The molecule has 0 aromatic heterocycles. The standard InChI is InChI=1S/2C7H8O3S.2C5H5.Ti/c2*1-6-2-4-7(5-3-6)11(8,9)10;2*1-2-4-5-3-1;/h2*2-5H,1H3,(H,8,9,10);2*1-5H;/q;;;;+2. The predicted octanol–water partition coefficient (Wildman–Crippen LogP) is 4.52. The fraction of sp³-hybridized carbons (Fsp3) is 0.0833. The Balaban J connectivity index is 0.000000434. The van der Waals surface area contributed by atoms with Crippen molar-refractivity contribution >= 4 is 20.2 Å². The molecule has 0 bridgehead atoms. The Hall–Kier alpha value is -1.03. The Morgan fingerprint density at radius 1 is 0.455 bits per heavy atom. The van der Waals surface area contributed by atoms with Gasteiger partial charge < -0.3 is 0 Å². The minimum atomic E-state index is -4.02. The topological polar surface area (TPSA) is 109 Å². The van der Waals surface area contributed by atoms with Crippen LogP contribution in [0.15, 0.2) is 58.3 Å². The molecule has 2 aromatic carbocycles. The van der Waals surface area contributed by atoms with Gasteiger partial charge in [0.1, 0.15) is 0 Å². The fourth-order valence-electron chi connectivity index (χ4n) is 2.06. The van der Waals surface area contributed by atoms with Gasteiger partial charge in [0, 0.05) is 0 Å². The first-order valence-electron chi connectivity index (χ1n) is 9.42. The maximum atomic E-state index is 10.5. The monoisotopic (exact) mass is 522 g/mol. The average molecular weight is 522 g/mol. The van der Waals surface area contributed by atoms with Crippen LogP contribution in [0.5, 0.6) is 0 Å². The fourth-order valence-corrected chi connectivity index (χ4v) is 3.02. The van der Waals surface area contributed by atoms with Crippen LogP contribution in [0.3, 0.4) is 0 Å². The van der Waals surface area contributed by atoms with Gasteiger partial charge in [-0.25, -0.2) is 0 Å². The van der Waals surface area contributed by atoms with Gasteiger partial charge in [0.05, 0.1) is 9.79 Å². The molecule has 0 amide bonds. The van der Waals surface area contributed by atoms with E-state index >= 15 is 0 Å². The van der Waals surface area contributed by atoms with E-state index in [0.29, 0.717) is 0 Å². The quantitative estimate of drug-likeness (QED) is 0.444. The summed E-state index contributed by atoms with van der Waals surface area (Å²) in [5.41, 5.74) is 1.91. The zero-order valence-electron chi connectivity index (χ0n) is 18.2. The first-order valence-corrected chi connectivity index (χ1v) is 12.3. The summed E-state index contributed by atoms with van der Waals surface area (Å²) >= 11 is 0. The van der Waals surface area contributed by atoms with Gasteiger partial charge in [-0.1, -0.05) is 35.4 Å². The smallest absolute Gasteiger partial charge is 0.282 e. The molecule has 0 heterocycles. The van der Waals surface area contributed by atoms with Gasteiger partial charge in [-0.15, -0.1) is 0 Å². The molecule has 4 rings (SSSR count). The SMILES string of the molecule is Cc1ccc(S(=O)(=O)O)cc1.Cc1ccc(S(=O)(=O)O)cc1.[CH]1[CH][CH][CH][CH]1.[CH]1[CH][CH][CH][CH]1.[Ti+2]. The van der Waals surface area contributed by atoms with Gasteiger partial charge in [-0.3, -0.25) is 9.11 Å². The molecular weight excluding hydrogens is 496 g/mol. The summed E-state index contributed by atoms with van der Waals surface area (Å²) in [5, 5.41) is 0. The molecule has 10 radical (unpaired) electrons. The van der Waals surface area contributed by atoms with Crippen LogP contribution in [0.2, 0.25) is 0 Å². The van der Waals surface area contributed by atoms with Crippen molar-refractivity contribution in [3.8, 4) is 0 Å². The summed E-state index contributed by atoms with van der Waals surface area (Å²) in [6.45, 7) is 3.68. The van der Waals surface area contributed by atoms with Gasteiger partial charge >= 0.3 is 21.7 Å². The summed E-state index contributed by atoms with van der Waals surface area (Å²) < 4.78 is 59.1. The van der Waals surface area contributed by atoms with Crippen LogP contribution in [0.1, 0.15) is 11.1 Å². The van der Waals surface area contributed by atoms with Crippen molar-refractivity contribution in [2.45, 2.75) is 23.6 Å². The van der Waals surface area contributed by atoms with E-state index in [1.54, 1.807) is 24.3 Å². The van der Waals surface area contributed by atoms with E-state index < -0.39 is 20.2 Å². The second-order valence-corrected chi connectivity index (χ2v) is 9.34. The van der Waals surface area contributed by atoms with Gasteiger partial charge in [0.2, 0.25) is 0 Å². The largest absolute Gasteiger partial charge is 2.00 e. The van der Waals surface area contributed by atoms with E-state index in [4.69, 9.17) is 9.11 Å². The van der Waals surface area contributed by atoms with Gasteiger partial charge in [0.15, 0.2) is 0 Å². The van der Waals surface area contributed by atoms with Crippen molar-refractivity contribution < 1.29 is 47.7 Å². The predicted molar refractivity (Wildman–Crippen MR) is 125 cm³/mol. The third-order valence-electron chi connectivity index (χ3n) is 3.75. The molecule has 0 saturated heterocycles. The number of benzene rings is 2. The van der Waals surface area contributed by atoms with Crippen LogP contribution >= 0.6 is 0 Å². The van der Waals surface area contributed by atoms with Crippen molar-refractivity contribution in [3.63, 3.8) is 0 Å². The minimum Gasteiger partial charge on any atom is -0.282 e. The molecule has 2 aromatic rings. The van der Waals surface area contributed by atoms with E-state index in [1.807, 2.05) is 78.1 Å². The number of rotatable bonds is 2.